The Morgan fingerprint density at radius 3 is 2.62 bits per heavy atom. The van der Waals surface area contributed by atoms with Crippen LogP contribution in [0.2, 0.25) is 5.02 Å². The lowest BCUT2D eigenvalue weighted by molar-refractivity contribution is -0.138. The minimum atomic E-state index is -1.09. The van der Waals surface area contributed by atoms with Crippen LogP contribution < -0.4 is 4.74 Å². The monoisotopic (exact) mass is 246 g/mol. The van der Waals surface area contributed by atoms with Gasteiger partial charge in [0.2, 0.25) is 0 Å². The van der Waals surface area contributed by atoms with Crippen molar-refractivity contribution in [2.75, 3.05) is 7.11 Å². The highest BCUT2D eigenvalue weighted by Crippen LogP contribution is 2.35. The molecule has 0 heterocycles. The zero-order chi connectivity index (χ0) is 12.5. The first-order valence-electron chi connectivity index (χ1n) is 4.65. The maximum absolute atomic E-state index is 13.9. The molecule has 5 heteroatoms. The lowest BCUT2D eigenvalue weighted by atomic mass is 9.98. The quantitative estimate of drug-likeness (QED) is 0.892. The number of aliphatic carboxylic acids is 1. The van der Waals surface area contributed by atoms with Crippen LogP contribution in [0.5, 0.6) is 5.75 Å². The van der Waals surface area contributed by atoms with Crippen molar-refractivity contribution in [3.05, 3.63) is 28.0 Å². The van der Waals surface area contributed by atoms with Crippen molar-refractivity contribution >= 4 is 17.6 Å². The number of aryl methyl sites for hydroxylation is 1. The van der Waals surface area contributed by atoms with E-state index in [1.54, 1.807) is 6.92 Å². The molecule has 1 aromatic carbocycles. The van der Waals surface area contributed by atoms with E-state index >= 15 is 0 Å². The molecule has 1 unspecified atom stereocenters. The van der Waals surface area contributed by atoms with E-state index in [0.29, 0.717) is 5.56 Å². The van der Waals surface area contributed by atoms with Crippen LogP contribution in [0.4, 0.5) is 4.39 Å². The molecule has 0 aliphatic rings. The average Bonchev–Trinajstić information content (AvgIpc) is 2.23. The summed E-state index contributed by atoms with van der Waals surface area (Å²) in [5, 5.41) is 9.01. The van der Waals surface area contributed by atoms with E-state index in [-0.39, 0.29) is 16.3 Å². The molecule has 0 aromatic heterocycles. The first-order chi connectivity index (χ1) is 7.40. The smallest absolute Gasteiger partial charge is 0.310 e. The molecular weight excluding hydrogens is 235 g/mol. The first-order valence-corrected chi connectivity index (χ1v) is 5.03. The topological polar surface area (TPSA) is 46.5 Å². The second-order valence-electron chi connectivity index (χ2n) is 3.50. The number of methoxy groups -OCH3 is 1. The Morgan fingerprint density at radius 1 is 1.62 bits per heavy atom. The van der Waals surface area contributed by atoms with Gasteiger partial charge in [0.25, 0.3) is 0 Å². The van der Waals surface area contributed by atoms with Gasteiger partial charge in [0, 0.05) is 5.56 Å². The van der Waals surface area contributed by atoms with Crippen LogP contribution in [0.3, 0.4) is 0 Å². The van der Waals surface area contributed by atoms with E-state index in [9.17, 15) is 9.18 Å². The third kappa shape index (κ3) is 2.11. The summed E-state index contributed by atoms with van der Waals surface area (Å²) in [6.45, 7) is 3.08. The molecule has 0 aliphatic carbocycles. The van der Waals surface area contributed by atoms with Gasteiger partial charge in [0.15, 0.2) is 11.6 Å². The van der Waals surface area contributed by atoms with Crippen molar-refractivity contribution in [3.8, 4) is 5.75 Å². The number of carboxylic acid groups (broad SMARTS) is 1. The Hall–Kier alpha value is -1.29. The molecule has 1 aromatic rings. The Kier molecular flexibility index (Phi) is 3.75. The van der Waals surface area contributed by atoms with Crippen molar-refractivity contribution in [3.63, 3.8) is 0 Å². The molecule has 0 amide bonds. The fraction of sp³-hybridized carbons (Fsp3) is 0.364. The van der Waals surface area contributed by atoms with E-state index in [4.69, 9.17) is 21.4 Å². The van der Waals surface area contributed by atoms with Crippen molar-refractivity contribution in [1.29, 1.82) is 0 Å². The molecule has 1 rings (SSSR count). The molecule has 0 bridgehead atoms. The summed E-state index contributed by atoms with van der Waals surface area (Å²) >= 11 is 5.84. The molecule has 0 saturated heterocycles. The third-order valence-corrected chi connectivity index (χ3v) is 2.88. The van der Waals surface area contributed by atoms with Gasteiger partial charge in [-0.25, -0.2) is 4.39 Å². The molecule has 0 saturated carbocycles. The molecule has 1 N–H and O–H groups in total. The second-order valence-corrected chi connectivity index (χ2v) is 3.88. The Balaban J connectivity index is 3.42. The summed E-state index contributed by atoms with van der Waals surface area (Å²) < 4.78 is 18.7. The van der Waals surface area contributed by atoms with Gasteiger partial charge in [0.05, 0.1) is 18.1 Å². The lowest BCUT2D eigenvalue weighted by Crippen LogP contribution is -2.10. The van der Waals surface area contributed by atoms with Gasteiger partial charge in [-0.15, -0.1) is 0 Å². The second kappa shape index (κ2) is 4.70. The number of carbonyl (C=O) groups is 1. The van der Waals surface area contributed by atoms with Crippen LogP contribution in [-0.4, -0.2) is 18.2 Å². The predicted molar refractivity (Wildman–Crippen MR) is 58.7 cm³/mol. The molecule has 16 heavy (non-hydrogen) atoms. The largest absolute Gasteiger partial charge is 0.492 e. The van der Waals surface area contributed by atoms with Crippen LogP contribution in [0.25, 0.3) is 0 Å². The number of hydrogen-bond donors (Lipinski definition) is 1. The van der Waals surface area contributed by atoms with E-state index in [0.717, 1.165) is 0 Å². The highest BCUT2D eigenvalue weighted by Gasteiger charge is 2.23. The number of carboxylic acids is 1. The third-order valence-electron chi connectivity index (χ3n) is 2.41. The van der Waals surface area contributed by atoms with E-state index in [2.05, 4.69) is 0 Å². The average molecular weight is 247 g/mol. The van der Waals surface area contributed by atoms with Gasteiger partial charge in [-0.05, 0) is 19.4 Å². The van der Waals surface area contributed by atoms with Crippen LogP contribution in [0.15, 0.2) is 6.07 Å². The van der Waals surface area contributed by atoms with Crippen LogP contribution >= 0.6 is 11.6 Å². The molecular formula is C11H12ClFO3. The number of hydrogen-bond acceptors (Lipinski definition) is 2. The minimum absolute atomic E-state index is 0.0752. The van der Waals surface area contributed by atoms with E-state index in [1.165, 1.54) is 20.1 Å². The molecule has 0 radical (unpaired) electrons. The van der Waals surface area contributed by atoms with Gasteiger partial charge in [-0.1, -0.05) is 17.7 Å². The summed E-state index contributed by atoms with van der Waals surface area (Å²) in [6, 6.07) is 1.43. The van der Waals surface area contributed by atoms with Gasteiger partial charge < -0.3 is 9.84 Å². The number of rotatable bonds is 3. The van der Waals surface area contributed by atoms with E-state index < -0.39 is 17.7 Å². The lowest BCUT2D eigenvalue weighted by Gasteiger charge is -2.14. The summed E-state index contributed by atoms with van der Waals surface area (Å²) in [5.74, 6) is -2.86. The maximum Gasteiger partial charge on any atom is 0.310 e. The van der Waals surface area contributed by atoms with Crippen molar-refractivity contribution in [2.45, 2.75) is 19.8 Å². The summed E-state index contributed by atoms with van der Waals surface area (Å²) in [7, 11) is 1.29. The molecule has 0 aliphatic heterocycles. The van der Waals surface area contributed by atoms with Crippen LogP contribution in [0.1, 0.15) is 24.0 Å². The Labute approximate surface area is 97.8 Å². The standard InChI is InChI=1S/C11H12ClFO3/c1-5-4-7(6(2)11(14)15)9(13)10(16-3)8(5)12/h4,6H,1-3H3,(H,14,15). The normalized spacial score (nSPS) is 12.3. The highest BCUT2D eigenvalue weighted by atomic mass is 35.5. The van der Waals surface area contributed by atoms with Crippen LogP contribution in [-0.2, 0) is 4.79 Å². The molecule has 0 fully saturated rings. The van der Waals surface area contributed by atoms with Crippen molar-refractivity contribution in [1.82, 2.24) is 0 Å². The maximum atomic E-state index is 13.9. The highest BCUT2D eigenvalue weighted by molar-refractivity contribution is 6.32. The summed E-state index contributed by atoms with van der Waals surface area (Å²) in [4.78, 5) is 10.8. The van der Waals surface area contributed by atoms with Crippen LogP contribution in [0, 0.1) is 12.7 Å². The van der Waals surface area contributed by atoms with E-state index in [1.807, 2.05) is 0 Å². The SMILES string of the molecule is COc1c(F)c(C(C)C(=O)O)cc(C)c1Cl. The fourth-order valence-electron chi connectivity index (χ4n) is 1.39. The van der Waals surface area contributed by atoms with Crippen molar-refractivity contribution < 1.29 is 19.0 Å². The summed E-state index contributed by atoms with van der Waals surface area (Å²) in [6.07, 6.45) is 0. The predicted octanol–water partition coefficient (Wildman–Crippen LogP) is 2.98. The molecule has 0 spiro atoms. The van der Waals surface area contributed by atoms with Gasteiger partial charge in [-0.2, -0.15) is 0 Å². The first kappa shape index (κ1) is 12.8. The zero-order valence-electron chi connectivity index (χ0n) is 9.17. The summed E-state index contributed by atoms with van der Waals surface area (Å²) in [5.41, 5.74) is 0.661. The molecule has 88 valence electrons. The Bertz CT molecular complexity index is 432. The minimum Gasteiger partial charge on any atom is -0.492 e. The number of benzene rings is 1. The number of ether oxygens (including phenoxy) is 1. The fourth-order valence-corrected chi connectivity index (χ4v) is 1.61. The molecule has 3 nitrogen and oxygen atoms in total. The number of halogens is 2. The van der Waals surface area contributed by atoms with Crippen molar-refractivity contribution in [2.24, 2.45) is 0 Å². The van der Waals surface area contributed by atoms with Gasteiger partial charge in [0.1, 0.15) is 0 Å². The Morgan fingerprint density at radius 2 is 2.19 bits per heavy atom. The zero-order valence-corrected chi connectivity index (χ0v) is 9.93. The van der Waals surface area contributed by atoms with Gasteiger partial charge >= 0.3 is 5.97 Å². The molecule has 1 atom stereocenters. The van der Waals surface area contributed by atoms with Gasteiger partial charge in [-0.3, -0.25) is 4.79 Å².